The smallest absolute Gasteiger partial charge is 0.274 e. The van der Waals surface area contributed by atoms with E-state index >= 15 is 0 Å². The maximum atomic E-state index is 12.8. The van der Waals surface area contributed by atoms with Crippen molar-refractivity contribution in [1.82, 2.24) is 24.5 Å². The molecule has 0 radical (unpaired) electrons. The zero-order valence-electron chi connectivity index (χ0n) is 16.0. The lowest BCUT2D eigenvalue weighted by Gasteiger charge is -2.09. The molecule has 8 nitrogen and oxygen atoms in total. The molecule has 0 saturated heterocycles. The molecule has 5 aromatic rings. The number of hydrogen-bond donors (Lipinski definition) is 1. The van der Waals surface area contributed by atoms with Gasteiger partial charge in [-0.05, 0) is 48.9 Å². The lowest BCUT2D eigenvalue weighted by molar-refractivity contribution is 0.102. The number of pyridine rings is 2. The number of benzene rings is 1. The number of carbonyl (C=O) groups is 1. The average Bonchev–Trinajstić information content (AvgIpc) is 3.43. The van der Waals surface area contributed by atoms with E-state index < -0.39 is 0 Å². The number of carbonyl (C=O) groups excluding carboxylic acids is 1. The first-order chi connectivity index (χ1) is 14.7. The van der Waals surface area contributed by atoms with Crippen LogP contribution in [0, 0.1) is 6.92 Å². The second-order valence-electron chi connectivity index (χ2n) is 6.72. The summed E-state index contributed by atoms with van der Waals surface area (Å²) < 4.78 is 7.17. The molecule has 1 aromatic carbocycles. The fourth-order valence-corrected chi connectivity index (χ4v) is 3.14. The summed E-state index contributed by atoms with van der Waals surface area (Å²) in [6, 6.07) is 14.8. The first kappa shape index (κ1) is 17.7. The van der Waals surface area contributed by atoms with Crippen molar-refractivity contribution in [3.8, 4) is 22.8 Å². The fourth-order valence-electron chi connectivity index (χ4n) is 3.14. The number of imidazole rings is 1. The van der Waals surface area contributed by atoms with E-state index in [1.54, 1.807) is 29.2 Å². The molecule has 0 atom stereocenters. The molecule has 1 N–H and O–H groups in total. The largest absolute Gasteiger partial charge is 0.334 e. The maximum Gasteiger partial charge on any atom is 0.274 e. The molecule has 0 saturated carbocycles. The van der Waals surface area contributed by atoms with Crippen LogP contribution in [-0.4, -0.2) is 30.4 Å². The van der Waals surface area contributed by atoms with Crippen molar-refractivity contribution in [2.45, 2.75) is 6.92 Å². The zero-order valence-corrected chi connectivity index (χ0v) is 16.0. The van der Waals surface area contributed by atoms with Crippen molar-refractivity contribution in [2.24, 2.45) is 0 Å². The Morgan fingerprint density at radius 1 is 1.07 bits per heavy atom. The Hall–Kier alpha value is -4.33. The molecule has 8 heteroatoms. The summed E-state index contributed by atoms with van der Waals surface area (Å²) in [4.78, 5) is 25.6. The van der Waals surface area contributed by atoms with E-state index in [9.17, 15) is 4.79 Å². The molecule has 0 bridgehead atoms. The van der Waals surface area contributed by atoms with E-state index in [2.05, 4.69) is 25.4 Å². The van der Waals surface area contributed by atoms with Gasteiger partial charge in [0, 0.05) is 35.4 Å². The topological polar surface area (TPSA) is 98.2 Å². The number of rotatable bonds is 4. The summed E-state index contributed by atoms with van der Waals surface area (Å²) in [7, 11) is 0. The lowest BCUT2D eigenvalue weighted by atomic mass is 10.1. The predicted octanol–water partition coefficient (Wildman–Crippen LogP) is 4.01. The Balaban J connectivity index is 1.44. The number of hydrogen-bond acceptors (Lipinski definition) is 6. The summed E-state index contributed by atoms with van der Waals surface area (Å²) in [6.07, 6.45) is 6.71. The first-order valence-corrected chi connectivity index (χ1v) is 9.27. The van der Waals surface area contributed by atoms with E-state index in [1.165, 1.54) is 0 Å². The van der Waals surface area contributed by atoms with Crippen LogP contribution in [0.3, 0.4) is 0 Å². The number of amides is 1. The summed E-state index contributed by atoms with van der Waals surface area (Å²) >= 11 is 0. The molecule has 30 heavy (non-hydrogen) atoms. The molecule has 0 aliphatic heterocycles. The Labute approximate surface area is 171 Å². The summed E-state index contributed by atoms with van der Waals surface area (Å²) in [5.74, 6) is 0.591. The number of nitrogens with zero attached hydrogens (tertiary/aromatic N) is 5. The number of aromatic nitrogens is 5. The number of aryl methyl sites for hydroxylation is 1. The molecule has 0 aliphatic carbocycles. The van der Waals surface area contributed by atoms with Gasteiger partial charge in [-0.3, -0.25) is 14.2 Å². The van der Waals surface area contributed by atoms with E-state index in [1.807, 2.05) is 55.5 Å². The molecule has 146 valence electrons. The molecule has 1 amide bonds. The van der Waals surface area contributed by atoms with Crippen molar-refractivity contribution in [1.29, 1.82) is 0 Å². The molecule has 0 spiro atoms. The van der Waals surface area contributed by atoms with Crippen molar-refractivity contribution >= 4 is 17.2 Å². The second kappa shape index (κ2) is 7.25. The minimum Gasteiger partial charge on any atom is -0.334 e. The van der Waals surface area contributed by atoms with Crippen LogP contribution in [0.1, 0.15) is 16.1 Å². The monoisotopic (exact) mass is 396 g/mol. The molecule has 0 aliphatic rings. The quantitative estimate of drug-likeness (QED) is 0.493. The fraction of sp³-hybridized carbons (Fsp3) is 0.0455. The molecule has 4 aromatic heterocycles. The van der Waals surface area contributed by atoms with Gasteiger partial charge < -0.3 is 9.84 Å². The predicted molar refractivity (Wildman–Crippen MR) is 111 cm³/mol. The number of fused-ring (bicyclic) bond motifs is 1. The van der Waals surface area contributed by atoms with Gasteiger partial charge in [0.1, 0.15) is 11.3 Å². The molecule has 0 unspecified atom stereocenters. The summed E-state index contributed by atoms with van der Waals surface area (Å²) in [5, 5.41) is 6.99. The van der Waals surface area contributed by atoms with Crippen molar-refractivity contribution in [3.05, 3.63) is 84.6 Å². The van der Waals surface area contributed by atoms with Gasteiger partial charge in [-0.25, -0.2) is 4.98 Å². The zero-order chi connectivity index (χ0) is 20.5. The molecular formula is C22H16N6O2. The van der Waals surface area contributed by atoms with Crippen molar-refractivity contribution in [2.75, 3.05) is 5.32 Å². The highest BCUT2D eigenvalue weighted by atomic mass is 16.5. The molecule has 0 fully saturated rings. The maximum absolute atomic E-state index is 12.8. The van der Waals surface area contributed by atoms with Gasteiger partial charge in [-0.1, -0.05) is 17.3 Å². The summed E-state index contributed by atoms with van der Waals surface area (Å²) in [5.41, 5.74) is 4.26. The van der Waals surface area contributed by atoms with Crippen LogP contribution in [0.4, 0.5) is 5.69 Å². The standard InChI is InChI=1S/C22H16N6O2/c1-14-5-6-16(22-26-20(27-30-22)15-7-9-23-10-8-15)12-17(14)25-21(29)18-13-24-19-4-2-3-11-28(18)19/h2-13H,1H3,(H,25,29). The van der Waals surface area contributed by atoms with Gasteiger partial charge in [0.15, 0.2) is 0 Å². The third kappa shape index (κ3) is 3.20. The van der Waals surface area contributed by atoms with Crippen LogP contribution in [0.25, 0.3) is 28.5 Å². The highest BCUT2D eigenvalue weighted by Gasteiger charge is 2.16. The highest BCUT2D eigenvalue weighted by molar-refractivity contribution is 6.04. The van der Waals surface area contributed by atoms with Crippen molar-refractivity contribution in [3.63, 3.8) is 0 Å². The molecular weight excluding hydrogens is 380 g/mol. The Bertz CT molecular complexity index is 1360. The van der Waals surface area contributed by atoms with Crippen molar-refractivity contribution < 1.29 is 9.32 Å². The summed E-state index contributed by atoms with van der Waals surface area (Å²) in [6.45, 7) is 1.92. The van der Waals surface area contributed by atoms with E-state index in [0.717, 1.165) is 11.1 Å². The van der Waals surface area contributed by atoms with Crippen LogP contribution in [-0.2, 0) is 0 Å². The highest BCUT2D eigenvalue weighted by Crippen LogP contribution is 2.26. The Kier molecular flexibility index (Phi) is 4.29. The van der Waals surface area contributed by atoms with E-state index in [-0.39, 0.29) is 5.91 Å². The second-order valence-corrected chi connectivity index (χ2v) is 6.72. The van der Waals surface area contributed by atoms with Crippen LogP contribution >= 0.6 is 0 Å². The van der Waals surface area contributed by atoms with Gasteiger partial charge in [-0.2, -0.15) is 4.98 Å². The van der Waals surface area contributed by atoms with Gasteiger partial charge in [0.05, 0.1) is 6.20 Å². The normalized spacial score (nSPS) is 11.0. The SMILES string of the molecule is Cc1ccc(-c2nc(-c3ccncc3)no2)cc1NC(=O)c1cnc2ccccn12. The van der Waals surface area contributed by atoms with Gasteiger partial charge in [0.2, 0.25) is 5.82 Å². The third-order valence-corrected chi connectivity index (χ3v) is 4.75. The Morgan fingerprint density at radius 3 is 2.80 bits per heavy atom. The van der Waals surface area contributed by atoms with Crippen LogP contribution < -0.4 is 5.32 Å². The van der Waals surface area contributed by atoms with Gasteiger partial charge >= 0.3 is 0 Å². The average molecular weight is 396 g/mol. The van der Waals surface area contributed by atoms with Gasteiger partial charge in [0.25, 0.3) is 11.8 Å². The van der Waals surface area contributed by atoms with Gasteiger partial charge in [-0.15, -0.1) is 0 Å². The Morgan fingerprint density at radius 2 is 1.93 bits per heavy atom. The lowest BCUT2D eigenvalue weighted by Crippen LogP contribution is -2.15. The first-order valence-electron chi connectivity index (χ1n) is 9.27. The number of nitrogens with one attached hydrogen (secondary N) is 1. The molecule has 4 heterocycles. The molecule has 5 rings (SSSR count). The number of anilines is 1. The van der Waals surface area contributed by atoms with Crippen LogP contribution in [0.15, 0.2) is 77.8 Å². The minimum absolute atomic E-state index is 0.253. The minimum atomic E-state index is -0.253. The third-order valence-electron chi connectivity index (χ3n) is 4.75. The van der Waals surface area contributed by atoms with Crippen LogP contribution in [0.2, 0.25) is 0 Å². The van der Waals surface area contributed by atoms with E-state index in [4.69, 9.17) is 4.52 Å². The van der Waals surface area contributed by atoms with Crippen LogP contribution in [0.5, 0.6) is 0 Å². The van der Waals surface area contributed by atoms with E-state index in [0.29, 0.717) is 34.3 Å².